The van der Waals surface area contributed by atoms with Crippen molar-refractivity contribution in [1.82, 2.24) is 16.0 Å². The van der Waals surface area contributed by atoms with Gasteiger partial charge in [0.05, 0.1) is 12.6 Å². The van der Waals surface area contributed by atoms with E-state index in [9.17, 15) is 9.59 Å². The second kappa shape index (κ2) is 6.48. The largest absolute Gasteiger partial charge is 0.355 e. The smallest absolute Gasteiger partial charge is 0.237 e. The second-order valence-corrected chi connectivity index (χ2v) is 4.24. The molecule has 0 radical (unpaired) electrons. The summed E-state index contributed by atoms with van der Waals surface area (Å²) in [6.07, 6.45) is 2.69. The fraction of sp³-hybridized carbons (Fsp3) is 0.818. The highest BCUT2D eigenvalue weighted by Gasteiger charge is 2.21. The third kappa shape index (κ3) is 4.18. The molecule has 0 aromatic rings. The van der Waals surface area contributed by atoms with E-state index in [2.05, 4.69) is 16.0 Å². The minimum absolute atomic E-state index is 0.00240. The van der Waals surface area contributed by atoms with E-state index in [1.54, 1.807) is 0 Å². The number of hydrogen-bond acceptors (Lipinski definition) is 3. The standard InChI is InChI=1S/C11H21N3O2/c1-3-8(2)14-10(15)7-13-9-5-4-6-12-11(9)16/h8-9,13H,3-7H2,1-2H3,(H,12,16)(H,14,15). The molecule has 1 rings (SSSR count). The SMILES string of the molecule is CCC(C)NC(=O)CNC1CCCNC1=O. The minimum atomic E-state index is -0.212. The average molecular weight is 227 g/mol. The summed E-state index contributed by atoms with van der Waals surface area (Å²) in [4.78, 5) is 22.8. The van der Waals surface area contributed by atoms with Crippen LogP contribution in [0, 0.1) is 0 Å². The zero-order valence-corrected chi connectivity index (χ0v) is 10.0. The third-order valence-corrected chi connectivity index (χ3v) is 2.81. The van der Waals surface area contributed by atoms with Gasteiger partial charge in [0.25, 0.3) is 0 Å². The Hall–Kier alpha value is -1.10. The van der Waals surface area contributed by atoms with Crippen LogP contribution in [-0.4, -0.2) is 37.0 Å². The van der Waals surface area contributed by atoms with Gasteiger partial charge in [0, 0.05) is 12.6 Å². The van der Waals surface area contributed by atoms with Crippen molar-refractivity contribution in [3.05, 3.63) is 0 Å². The van der Waals surface area contributed by atoms with Crippen molar-refractivity contribution in [1.29, 1.82) is 0 Å². The molecule has 3 N–H and O–H groups in total. The zero-order valence-electron chi connectivity index (χ0n) is 10.0. The van der Waals surface area contributed by atoms with Crippen LogP contribution in [0.2, 0.25) is 0 Å². The zero-order chi connectivity index (χ0) is 12.0. The van der Waals surface area contributed by atoms with Gasteiger partial charge in [-0.05, 0) is 26.2 Å². The molecule has 0 aliphatic carbocycles. The van der Waals surface area contributed by atoms with Crippen LogP contribution in [0.4, 0.5) is 0 Å². The number of nitrogens with one attached hydrogen (secondary N) is 3. The van der Waals surface area contributed by atoms with Crippen LogP contribution < -0.4 is 16.0 Å². The average Bonchev–Trinajstić information content (AvgIpc) is 2.28. The van der Waals surface area contributed by atoms with E-state index < -0.39 is 0 Å². The molecule has 1 fully saturated rings. The molecule has 0 aromatic carbocycles. The van der Waals surface area contributed by atoms with Crippen LogP contribution in [0.15, 0.2) is 0 Å². The molecule has 2 atom stereocenters. The summed E-state index contributed by atoms with van der Waals surface area (Å²) in [5.74, 6) is -0.0460. The molecule has 2 amide bonds. The molecule has 92 valence electrons. The van der Waals surface area contributed by atoms with Gasteiger partial charge in [0.15, 0.2) is 0 Å². The van der Waals surface area contributed by atoms with Gasteiger partial charge < -0.3 is 10.6 Å². The number of piperidine rings is 1. The Morgan fingerprint density at radius 1 is 1.62 bits per heavy atom. The van der Waals surface area contributed by atoms with E-state index >= 15 is 0 Å². The lowest BCUT2D eigenvalue weighted by Crippen LogP contribution is -2.51. The molecule has 0 spiro atoms. The van der Waals surface area contributed by atoms with Gasteiger partial charge in [0.1, 0.15) is 0 Å². The van der Waals surface area contributed by atoms with Gasteiger partial charge >= 0.3 is 0 Å². The molecule has 2 unspecified atom stereocenters. The Kier molecular flexibility index (Phi) is 5.25. The van der Waals surface area contributed by atoms with E-state index in [-0.39, 0.29) is 30.4 Å². The lowest BCUT2D eigenvalue weighted by molar-refractivity contribution is -0.125. The predicted octanol–water partition coefficient (Wildman–Crippen LogP) is -0.231. The van der Waals surface area contributed by atoms with Crippen LogP contribution in [0.25, 0.3) is 0 Å². The molecular formula is C11H21N3O2. The molecule has 5 heteroatoms. The van der Waals surface area contributed by atoms with Gasteiger partial charge in [-0.2, -0.15) is 0 Å². The Balaban J connectivity index is 2.22. The van der Waals surface area contributed by atoms with Crippen LogP contribution in [0.5, 0.6) is 0 Å². The Labute approximate surface area is 96.4 Å². The second-order valence-electron chi connectivity index (χ2n) is 4.24. The van der Waals surface area contributed by atoms with Gasteiger partial charge in [-0.25, -0.2) is 0 Å². The normalized spacial score (nSPS) is 22.4. The Bertz CT molecular complexity index is 256. The summed E-state index contributed by atoms with van der Waals surface area (Å²) in [7, 11) is 0. The van der Waals surface area contributed by atoms with Gasteiger partial charge in [-0.1, -0.05) is 6.92 Å². The fourth-order valence-electron chi connectivity index (χ4n) is 1.61. The first-order valence-corrected chi connectivity index (χ1v) is 5.94. The summed E-state index contributed by atoms with van der Waals surface area (Å²) in [6, 6.07) is -0.0223. The predicted molar refractivity (Wildman–Crippen MR) is 61.9 cm³/mol. The first-order chi connectivity index (χ1) is 7.63. The van der Waals surface area contributed by atoms with Crippen LogP contribution >= 0.6 is 0 Å². The van der Waals surface area contributed by atoms with Crippen molar-refractivity contribution < 1.29 is 9.59 Å². The van der Waals surface area contributed by atoms with Crippen molar-refractivity contribution in [3.8, 4) is 0 Å². The Morgan fingerprint density at radius 2 is 2.38 bits per heavy atom. The lowest BCUT2D eigenvalue weighted by atomic mass is 10.1. The van der Waals surface area contributed by atoms with Crippen molar-refractivity contribution in [2.24, 2.45) is 0 Å². The number of amides is 2. The topological polar surface area (TPSA) is 70.2 Å². The monoisotopic (exact) mass is 227 g/mol. The highest BCUT2D eigenvalue weighted by Crippen LogP contribution is 2.02. The molecule has 0 bridgehead atoms. The van der Waals surface area contributed by atoms with E-state index in [1.807, 2.05) is 13.8 Å². The van der Waals surface area contributed by atoms with Gasteiger partial charge in [-0.3, -0.25) is 14.9 Å². The van der Waals surface area contributed by atoms with E-state index in [1.165, 1.54) is 0 Å². The molecule has 1 saturated heterocycles. The molecular weight excluding hydrogens is 206 g/mol. The maximum Gasteiger partial charge on any atom is 0.237 e. The molecule has 5 nitrogen and oxygen atoms in total. The first kappa shape index (κ1) is 13.0. The van der Waals surface area contributed by atoms with Crippen molar-refractivity contribution >= 4 is 11.8 Å². The number of hydrogen-bond donors (Lipinski definition) is 3. The first-order valence-electron chi connectivity index (χ1n) is 5.94. The van der Waals surface area contributed by atoms with Crippen molar-refractivity contribution in [3.63, 3.8) is 0 Å². The van der Waals surface area contributed by atoms with Crippen LogP contribution in [0.1, 0.15) is 33.1 Å². The highest BCUT2D eigenvalue weighted by atomic mass is 16.2. The number of rotatable bonds is 5. The van der Waals surface area contributed by atoms with Gasteiger partial charge in [0.2, 0.25) is 11.8 Å². The Morgan fingerprint density at radius 3 is 3.00 bits per heavy atom. The maximum atomic E-state index is 11.5. The quantitative estimate of drug-likeness (QED) is 0.607. The summed E-state index contributed by atoms with van der Waals surface area (Å²) < 4.78 is 0. The minimum Gasteiger partial charge on any atom is -0.355 e. The van der Waals surface area contributed by atoms with Crippen molar-refractivity contribution in [2.75, 3.05) is 13.1 Å². The van der Waals surface area contributed by atoms with Crippen LogP contribution in [-0.2, 0) is 9.59 Å². The summed E-state index contributed by atoms with van der Waals surface area (Å²) in [6.45, 7) is 4.94. The fourth-order valence-corrected chi connectivity index (χ4v) is 1.61. The van der Waals surface area contributed by atoms with Crippen LogP contribution in [0.3, 0.4) is 0 Å². The molecule has 1 aliphatic rings. The molecule has 0 saturated carbocycles. The molecule has 1 aliphatic heterocycles. The molecule has 16 heavy (non-hydrogen) atoms. The maximum absolute atomic E-state index is 11.5. The summed E-state index contributed by atoms with van der Waals surface area (Å²) in [5.41, 5.74) is 0. The summed E-state index contributed by atoms with van der Waals surface area (Å²) >= 11 is 0. The third-order valence-electron chi connectivity index (χ3n) is 2.81. The van der Waals surface area contributed by atoms with E-state index in [4.69, 9.17) is 0 Å². The van der Waals surface area contributed by atoms with E-state index in [0.717, 1.165) is 25.8 Å². The molecule has 1 heterocycles. The van der Waals surface area contributed by atoms with Crippen molar-refractivity contribution in [2.45, 2.75) is 45.2 Å². The highest BCUT2D eigenvalue weighted by molar-refractivity contribution is 5.84. The molecule has 0 aromatic heterocycles. The van der Waals surface area contributed by atoms with E-state index in [0.29, 0.717) is 0 Å². The van der Waals surface area contributed by atoms with Gasteiger partial charge in [-0.15, -0.1) is 0 Å². The number of carbonyl (C=O) groups is 2. The summed E-state index contributed by atoms with van der Waals surface area (Å²) in [5, 5.41) is 8.60. The number of carbonyl (C=O) groups excluding carboxylic acids is 2. The lowest BCUT2D eigenvalue weighted by Gasteiger charge is -2.23.